The van der Waals surface area contributed by atoms with Gasteiger partial charge in [-0.05, 0) is 31.0 Å². The summed E-state index contributed by atoms with van der Waals surface area (Å²) in [5.74, 6) is 0.0523. The van der Waals surface area contributed by atoms with Gasteiger partial charge in [0.2, 0.25) is 5.91 Å². The predicted octanol–water partition coefficient (Wildman–Crippen LogP) is 1.37. The monoisotopic (exact) mass is 324 g/mol. The summed E-state index contributed by atoms with van der Waals surface area (Å²) in [6.07, 6.45) is 0.528. The van der Waals surface area contributed by atoms with Crippen LogP contribution in [-0.2, 0) is 4.79 Å². The second-order valence-electron chi connectivity index (χ2n) is 6.16. The van der Waals surface area contributed by atoms with E-state index in [1.54, 1.807) is 30.1 Å². The van der Waals surface area contributed by atoms with Gasteiger partial charge in [0.1, 0.15) is 6.61 Å². The zero-order valence-electron chi connectivity index (χ0n) is 13.7. The highest BCUT2D eigenvalue weighted by Crippen LogP contribution is 2.17. The smallest absolute Gasteiger partial charge is 0.236 e. The largest absolute Gasteiger partial charge is 0.489 e. The minimum absolute atomic E-state index is 0.0242. The van der Waals surface area contributed by atoms with Gasteiger partial charge in [0.05, 0.1) is 19.2 Å². The molecule has 23 heavy (non-hydrogen) atoms. The van der Waals surface area contributed by atoms with E-state index in [4.69, 9.17) is 4.74 Å². The Bertz CT molecular complexity index is 526. The van der Waals surface area contributed by atoms with E-state index in [-0.39, 0.29) is 30.3 Å². The lowest BCUT2D eigenvalue weighted by molar-refractivity contribution is -0.132. The molecule has 5 nitrogen and oxygen atoms in total. The number of likely N-dealkylation sites (tertiary alicyclic amines) is 1. The molecule has 1 heterocycles. The molecule has 2 unspecified atom stereocenters. The van der Waals surface area contributed by atoms with Crippen LogP contribution in [-0.4, -0.2) is 66.8 Å². The Morgan fingerprint density at radius 2 is 2.22 bits per heavy atom. The van der Waals surface area contributed by atoms with Crippen molar-refractivity contribution in [1.29, 1.82) is 0 Å². The third-order valence-corrected chi connectivity index (χ3v) is 4.31. The van der Waals surface area contributed by atoms with Crippen LogP contribution in [0, 0.1) is 11.7 Å². The third kappa shape index (κ3) is 5.18. The summed E-state index contributed by atoms with van der Waals surface area (Å²) in [6.45, 7) is 4.30. The molecule has 128 valence electrons. The number of para-hydroxylation sites is 1. The van der Waals surface area contributed by atoms with Crippen molar-refractivity contribution in [1.82, 2.24) is 9.80 Å². The molecular weight excluding hydrogens is 299 g/mol. The zero-order chi connectivity index (χ0) is 16.8. The molecule has 2 atom stereocenters. The number of likely N-dealkylation sites (N-methyl/N-ethyl adjacent to an activating group) is 1. The highest BCUT2D eigenvalue weighted by molar-refractivity contribution is 5.78. The normalized spacial score (nSPS) is 21.9. The van der Waals surface area contributed by atoms with Crippen molar-refractivity contribution in [2.75, 3.05) is 39.8 Å². The second-order valence-corrected chi connectivity index (χ2v) is 6.16. The number of benzene rings is 1. The molecule has 1 aliphatic heterocycles. The number of hydrogen-bond donors (Lipinski definition) is 1. The van der Waals surface area contributed by atoms with Crippen LogP contribution in [0.2, 0.25) is 0 Å². The molecule has 2 rings (SSSR count). The van der Waals surface area contributed by atoms with E-state index in [1.807, 2.05) is 11.8 Å². The Kier molecular flexibility index (Phi) is 6.36. The van der Waals surface area contributed by atoms with E-state index >= 15 is 0 Å². The van der Waals surface area contributed by atoms with Gasteiger partial charge in [-0.15, -0.1) is 0 Å². The van der Waals surface area contributed by atoms with Crippen molar-refractivity contribution in [3.05, 3.63) is 30.1 Å². The molecule has 0 aromatic heterocycles. The van der Waals surface area contributed by atoms with Gasteiger partial charge in [-0.1, -0.05) is 19.1 Å². The van der Waals surface area contributed by atoms with Gasteiger partial charge in [0, 0.05) is 13.6 Å². The number of carbonyl (C=O) groups is 1. The SMILES string of the molecule is CC1CCN(CC(=O)N(C)CCOc2ccccc2F)CC1O. The Balaban J connectivity index is 1.72. The quantitative estimate of drug-likeness (QED) is 0.859. The van der Waals surface area contributed by atoms with Crippen LogP contribution < -0.4 is 4.74 Å². The lowest BCUT2D eigenvalue weighted by Gasteiger charge is -2.34. The molecular formula is C17H25FN2O3. The van der Waals surface area contributed by atoms with Crippen molar-refractivity contribution in [3.8, 4) is 5.75 Å². The number of hydrogen-bond acceptors (Lipinski definition) is 4. The number of carbonyl (C=O) groups excluding carboxylic acids is 1. The molecule has 1 amide bonds. The molecule has 0 radical (unpaired) electrons. The van der Waals surface area contributed by atoms with E-state index in [9.17, 15) is 14.3 Å². The van der Waals surface area contributed by atoms with Crippen molar-refractivity contribution in [2.45, 2.75) is 19.4 Å². The standard InChI is InChI=1S/C17H25FN2O3/c1-13-7-8-20(11-15(13)21)12-17(22)19(2)9-10-23-16-6-4-3-5-14(16)18/h3-6,13,15,21H,7-12H2,1-2H3. The summed E-state index contributed by atoms with van der Waals surface area (Å²) >= 11 is 0. The first kappa shape index (κ1) is 17.7. The van der Waals surface area contributed by atoms with E-state index < -0.39 is 5.82 Å². The number of amides is 1. The number of nitrogens with zero attached hydrogens (tertiary/aromatic N) is 2. The minimum Gasteiger partial charge on any atom is -0.489 e. The molecule has 1 aromatic carbocycles. The average molecular weight is 324 g/mol. The predicted molar refractivity (Wildman–Crippen MR) is 85.8 cm³/mol. The number of aliphatic hydroxyl groups excluding tert-OH is 1. The van der Waals surface area contributed by atoms with E-state index in [0.717, 1.165) is 13.0 Å². The number of halogens is 1. The summed E-state index contributed by atoms with van der Waals surface area (Å²) < 4.78 is 18.8. The Labute approximate surface area is 136 Å². The number of β-amino-alcohol motifs (C(OH)–C–C–N with tert-alkyl or cyclic N) is 1. The van der Waals surface area contributed by atoms with Crippen molar-refractivity contribution >= 4 is 5.91 Å². The molecule has 1 fully saturated rings. The molecule has 1 N–H and O–H groups in total. The fraction of sp³-hybridized carbons (Fsp3) is 0.588. The summed E-state index contributed by atoms with van der Waals surface area (Å²) in [5, 5.41) is 9.87. The lowest BCUT2D eigenvalue weighted by atomic mass is 9.96. The van der Waals surface area contributed by atoms with Crippen LogP contribution in [0.5, 0.6) is 5.75 Å². The summed E-state index contributed by atoms with van der Waals surface area (Å²) in [4.78, 5) is 15.7. The Morgan fingerprint density at radius 1 is 1.48 bits per heavy atom. The average Bonchev–Trinajstić information content (AvgIpc) is 2.52. The summed E-state index contributed by atoms with van der Waals surface area (Å²) in [7, 11) is 1.70. The van der Waals surface area contributed by atoms with Gasteiger partial charge in [-0.3, -0.25) is 9.69 Å². The van der Waals surface area contributed by atoms with Crippen molar-refractivity contribution < 1.29 is 19.0 Å². The Hall–Kier alpha value is -1.66. The maximum atomic E-state index is 13.4. The summed E-state index contributed by atoms with van der Waals surface area (Å²) in [5.41, 5.74) is 0. The number of piperidine rings is 1. The van der Waals surface area contributed by atoms with E-state index in [2.05, 4.69) is 0 Å². The first-order chi connectivity index (χ1) is 11.0. The van der Waals surface area contributed by atoms with Crippen LogP contribution in [0.25, 0.3) is 0 Å². The number of rotatable bonds is 6. The molecule has 0 aliphatic carbocycles. The fourth-order valence-corrected chi connectivity index (χ4v) is 2.55. The molecule has 0 bridgehead atoms. The molecule has 0 spiro atoms. The highest BCUT2D eigenvalue weighted by Gasteiger charge is 2.26. The van der Waals surface area contributed by atoms with Gasteiger partial charge in [0.25, 0.3) is 0 Å². The molecule has 0 saturated carbocycles. The fourth-order valence-electron chi connectivity index (χ4n) is 2.55. The second kappa shape index (κ2) is 8.26. The topological polar surface area (TPSA) is 53.0 Å². The van der Waals surface area contributed by atoms with Crippen LogP contribution in [0.4, 0.5) is 4.39 Å². The van der Waals surface area contributed by atoms with Gasteiger partial charge in [0.15, 0.2) is 11.6 Å². The minimum atomic E-state index is -0.405. The molecule has 1 aromatic rings. The van der Waals surface area contributed by atoms with Gasteiger partial charge >= 0.3 is 0 Å². The third-order valence-electron chi connectivity index (χ3n) is 4.31. The highest BCUT2D eigenvalue weighted by atomic mass is 19.1. The van der Waals surface area contributed by atoms with E-state index in [0.29, 0.717) is 19.6 Å². The van der Waals surface area contributed by atoms with Crippen molar-refractivity contribution in [3.63, 3.8) is 0 Å². The first-order valence-corrected chi connectivity index (χ1v) is 7.99. The van der Waals surface area contributed by atoms with Crippen LogP contribution in [0.1, 0.15) is 13.3 Å². The van der Waals surface area contributed by atoms with Crippen LogP contribution in [0.15, 0.2) is 24.3 Å². The molecule has 1 aliphatic rings. The number of aliphatic hydroxyl groups is 1. The maximum absolute atomic E-state index is 13.4. The van der Waals surface area contributed by atoms with Gasteiger partial charge < -0.3 is 14.7 Å². The first-order valence-electron chi connectivity index (χ1n) is 7.99. The van der Waals surface area contributed by atoms with Crippen LogP contribution >= 0.6 is 0 Å². The molecule has 6 heteroatoms. The molecule has 1 saturated heterocycles. The van der Waals surface area contributed by atoms with Gasteiger partial charge in [-0.25, -0.2) is 4.39 Å². The zero-order valence-corrected chi connectivity index (χ0v) is 13.7. The lowest BCUT2D eigenvalue weighted by Crippen LogP contribution is -2.47. The number of ether oxygens (including phenoxy) is 1. The van der Waals surface area contributed by atoms with Gasteiger partial charge in [-0.2, -0.15) is 0 Å². The summed E-state index contributed by atoms with van der Waals surface area (Å²) in [6, 6.07) is 6.21. The Morgan fingerprint density at radius 3 is 2.91 bits per heavy atom. The van der Waals surface area contributed by atoms with E-state index in [1.165, 1.54) is 6.07 Å². The maximum Gasteiger partial charge on any atom is 0.236 e. The van der Waals surface area contributed by atoms with Crippen LogP contribution in [0.3, 0.4) is 0 Å². The van der Waals surface area contributed by atoms with Crippen molar-refractivity contribution in [2.24, 2.45) is 5.92 Å².